The van der Waals surface area contributed by atoms with Gasteiger partial charge in [0.05, 0.1) is 33.0 Å². The second kappa shape index (κ2) is 19.0. The van der Waals surface area contributed by atoms with E-state index < -0.39 is 55.8 Å². The van der Waals surface area contributed by atoms with Crippen LogP contribution in [0.2, 0.25) is 0 Å². The number of hydrogen-bond acceptors (Lipinski definition) is 9. The van der Waals surface area contributed by atoms with Crippen molar-refractivity contribution < 1.29 is 63.9 Å². The third-order valence-electron chi connectivity index (χ3n) is 7.24. The number of nitrogens with zero attached hydrogens (tertiary/aromatic N) is 3. The molecule has 1 heterocycles. The molecule has 0 aromatic carbocycles. The third kappa shape index (κ3) is 13.8. The first-order valence-electron chi connectivity index (χ1n) is 14.7. The minimum Gasteiger partial charge on any atom is -0.380 e. The largest absolute Gasteiger partial charge is 0.427 e. The van der Waals surface area contributed by atoms with E-state index in [1.165, 1.54) is 11.8 Å². The molecule has 0 amide bonds. The van der Waals surface area contributed by atoms with Crippen LogP contribution in [0.25, 0.3) is 0 Å². The molecule has 0 spiro atoms. The van der Waals surface area contributed by atoms with E-state index in [9.17, 15) is 49.7 Å². The third-order valence-corrected chi connectivity index (χ3v) is 7.24. The Morgan fingerprint density at radius 1 is 0.659 bits per heavy atom. The number of halogens is 9. The van der Waals surface area contributed by atoms with Gasteiger partial charge in [-0.1, -0.05) is 13.3 Å². The van der Waals surface area contributed by atoms with Crippen molar-refractivity contribution in [3.63, 3.8) is 0 Å². The van der Waals surface area contributed by atoms with Crippen molar-refractivity contribution >= 4 is 0 Å². The standard InChI is InChI=1S/C26H47F9N4O5/c1-3-5-22(40,24(27,28)29)20-39-10-9-37(11-16-42-4-2)12-17-43-15-7-36-6-8-38(13-18-44-19-14-39)21-23(41,25(30,31)32)26(33,34)35/h36,40-41H,3-21H2,1-2H3. The fraction of sp³-hybridized carbons (Fsp3) is 1.00. The summed E-state index contributed by atoms with van der Waals surface area (Å²) in [6, 6.07) is 0. The Kier molecular flexibility index (Phi) is 17.7. The van der Waals surface area contributed by atoms with Gasteiger partial charge < -0.3 is 29.7 Å². The van der Waals surface area contributed by atoms with E-state index in [0.29, 0.717) is 32.8 Å². The van der Waals surface area contributed by atoms with Crippen molar-refractivity contribution in [2.45, 2.75) is 56.4 Å². The first-order chi connectivity index (χ1) is 20.4. The highest BCUT2D eigenvalue weighted by atomic mass is 19.4. The molecule has 0 aliphatic carbocycles. The summed E-state index contributed by atoms with van der Waals surface area (Å²) in [6.07, 6.45) is -17.4. The lowest BCUT2D eigenvalue weighted by molar-refractivity contribution is -0.370. The van der Waals surface area contributed by atoms with E-state index in [1.807, 2.05) is 11.8 Å². The molecule has 0 saturated carbocycles. The summed E-state index contributed by atoms with van der Waals surface area (Å²) in [5.74, 6) is 0. The molecule has 1 aliphatic heterocycles. The fourth-order valence-corrected chi connectivity index (χ4v) is 4.55. The predicted molar refractivity (Wildman–Crippen MR) is 143 cm³/mol. The Bertz CT molecular complexity index is 764. The maximum atomic E-state index is 13.8. The zero-order chi connectivity index (χ0) is 33.5. The van der Waals surface area contributed by atoms with Crippen LogP contribution in [-0.2, 0) is 14.2 Å². The second-order valence-electron chi connectivity index (χ2n) is 10.7. The molecule has 18 heteroatoms. The van der Waals surface area contributed by atoms with E-state index in [0.717, 1.165) is 4.90 Å². The second-order valence-corrected chi connectivity index (χ2v) is 10.7. The number of ether oxygens (including phenoxy) is 3. The van der Waals surface area contributed by atoms with E-state index >= 15 is 0 Å². The summed E-state index contributed by atoms with van der Waals surface area (Å²) < 4.78 is 138. The van der Waals surface area contributed by atoms with Crippen molar-refractivity contribution in [2.24, 2.45) is 0 Å². The highest BCUT2D eigenvalue weighted by Gasteiger charge is 2.70. The van der Waals surface area contributed by atoms with Gasteiger partial charge in [0, 0.05) is 78.6 Å². The van der Waals surface area contributed by atoms with E-state index in [-0.39, 0.29) is 65.6 Å². The lowest BCUT2D eigenvalue weighted by atomic mass is 9.96. The molecule has 44 heavy (non-hydrogen) atoms. The van der Waals surface area contributed by atoms with Gasteiger partial charge >= 0.3 is 18.5 Å². The first-order valence-corrected chi connectivity index (χ1v) is 14.7. The lowest BCUT2D eigenvalue weighted by Gasteiger charge is -2.37. The zero-order valence-corrected chi connectivity index (χ0v) is 25.3. The molecule has 1 unspecified atom stereocenters. The van der Waals surface area contributed by atoms with Gasteiger partial charge in [0.2, 0.25) is 0 Å². The Morgan fingerprint density at radius 3 is 1.70 bits per heavy atom. The molecule has 1 aliphatic rings. The van der Waals surface area contributed by atoms with Gasteiger partial charge in [-0.3, -0.25) is 14.7 Å². The Morgan fingerprint density at radius 2 is 1.18 bits per heavy atom. The van der Waals surface area contributed by atoms with Crippen molar-refractivity contribution in [3.8, 4) is 0 Å². The maximum Gasteiger partial charge on any atom is 0.427 e. The van der Waals surface area contributed by atoms with E-state index in [2.05, 4.69) is 5.32 Å². The van der Waals surface area contributed by atoms with Gasteiger partial charge in [-0.15, -0.1) is 0 Å². The molecule has 1 fully saturated rings. The maximum absolute atomic E-state index is 13.8. The molecule has 264 valence electrons. The van der Waals surface area contributed by atoms with Crippen LogP contribution in [0.4, 0.5) is 39.5 Å². The van der Waals surface area contributed by atoms with Crippen molar-refractivity contribution in [1.82, 2.24) is 20.0 Å². The van der Waals surface area contributed by atoms with Crippen LogP contribution in [0.1, 0.15) is 26.7 Å². The fourth-order valence-electron chi connectivity index (χ4n) is 4.55. The first kappa shape index (κ1) is 41.0. The molecule has 1 rings (SSSR count). The Balaban J connectivity index is 3.09. The lowest BCUT2D eigenvalue weighted by Crippen LogP contribution is -2.63. The molecule has 9 nitrogen and oxygen atoms in total. The van der Waals surface area contributed by atoms with Crippen LogP contribution in [0.15, 0.2) is 0 Å². The minimum atomic E-state index is -6.00. The van der Waals surface area contributed by atoms with Crippen LogP contribution < -0.4 is 5.32 Å². The summed E-state index contributed by atoms with van der Waals surface area (Å²) in [6.45, 7) is 2.20. The van der Waals surface area contributed by atoms with Gasteiger partial charge in [0.1, 0.15) is 0 Å². The number of rotatable bonds is 10. The Labute approximate surface area is 252 Å². The summed E-state index contributed by atoms with van der Waals surface area (Å²) in [7, 11) is 0. The van der Waals surface area contributed by atoms with Gasteiger partial charge in [-0.25, -0.2) is 0 Å². The predicted octanol–water partition coefficient (Wildman–Crippen LogP) is 2.51. The van der Waals surface area contributed by atoms with Gasteiger partial charge in [0.25, 0.3) is 5.60 Å². The highest BCUT2D eigenvalue weighted by molar-refractivity contribution is 4.96. The van der Waals surface area contributed by atoms with Crippen molar-refractivity contribution in [3.05, 3.63) is 0 Å². The summed E-state index contributed by atoms with van der Waals surface area (Å²) >= 11 is 0. The van der Waals surface area contributed by atoms with Crippen LogP contribution in [-0.4, -0.2) is 166 Å². The summed E-state index contributed by atoms with van der Waals surface area (Å²) in [5.41, 5.74) is -7.98. The van der Waals surface area contributed by atoms with E-state index in [4.69, 9.17) is 14.2 Å². The van der Waals surface area contributed by atoms with E-state index in [1.54, 1.807) is 0 Å². The number of nitrogens with one attached hydrogen (secondary N) is 1. The summed E-state index contributed by atoms with van der Waals surface area (Å²) in [5, 5.41) is 23.1. The minimum absolute atomic E-state index is 0.0170. The number of β-amino-alcohol motifs (C(OH)–C–C–N with tert-alkyl or cyclic N) is 2. The molecular formula is C26H47F9N4O5. The average Bonchev–Trinajstić information content (AvgIpc) is 2.89. The molecule has 0 aromatic heterocycles. The topological polar surface area (TPSA) is 89.9 Å². The number of aliphatic hydroxyl groups is 2. The molecular weight excluding hydrogens is 619 g/mol. The Hall–Kier alpha value is -0.990. The molecule has 0 aromatic rings. The van der Waals surface area contributed by atoms with Gasteiger partial charge in [-0.2, -0.15) is 39.5 Å². The molecule has 3 N–H and O–H groups in total. The average molecular weight is 667 g/mol. The van der Waals surface area contributed by atoms with Crippen molar-refractivity contribution in [2.75, 3.05) is 112 Å². The highest BCUT2D eigenvalue weighted by Crippen LogP contribution is 2.43. The number of hydrogen-bond donors (Lipinski definition) is 3. The van der Waals surface area contributed by atoms with Gasteiger partial charge in [0.15, 0.2) is 5.60 Å². The van der Waals surface area contributed by atoms with Crippen LogP contribution in [0.3, 0.4) is 0 Å². The molecule has 0 radical (unpaired) electrons. The summed E-state index contributed by atoms with van der Waals surface area (Å²) in [4.78, 5) is 4.08. The SMILES string of the molecule is CCCC(O)(CN1CCOCCN(CC(O)(C(F)(F)F)C(F)(F)F)CCNCCOCCN(CCOCC)CC1)C(F)(F)F. The zero-order valence-electron chi connectivity index (χ0n) is 25.3. The number of alkyl halides is 9. The normalized spacial score (nSPS) is 21.5. The van der Waals surface area contributed by atoms with Gasteiger partial charge in [-0.05, 0) is 13.3 Å². The van der Waals surface area contributed by atoms with Crippen molar-refractivity contribution in [1.29, 1.82) is 0 Å². The molecule has 1 atom stereocenters. The monoisotopic (exact) mass is 666 g/mol. The van der Waals surface area contributed by atoms with Crippen LogP contribution in [0, 0.1) is 0 Å². The van der Waals surface area contributed by atoms with Crippen LogP contribution >= 0.6 is 0 Å². The van der Waals surface area contributed by atoms with Crippen LogP contribution in [0.5, 0.6) is 0 Å². The quantitative estimate of drug-likeness (QED) is 0.241. The smallest absolute Gasteiger partial charge is 0.380 e. The molecule has 1 saturated heterocycles. The molecule has 0 bridgehead atoms.